The second-order valence-corrected chi connectivity index (χ2v) is 8.89. The quantitative estimate of drug-likeness (QED) is 0.794. The highest BCUT2D eigenvalue weighted by atomic mass is 35.5. The molecule has 118 valence electrons. The van der Waals surface area contributed by atoms with E-state index in [1.54, 1.807) is 19.9 Å². The fourth-order valence-corrected chi connectivity index (χ4v) is 3.01. The van der Waals surface area contributed by atoms with Crippen LogP contribution >= 0.6 is 11.6 Å². The monoisotopic (exact) mass is 332 g/mol. The zero-order valence-corrected chi connectivity index (χ0v) is 14.3. The van der Waals surface area contributed by atoms with Gasteiger partial charge in [0.15, 0.2) is 9.84 Å². The van der Waals surface area contributed by atoms with Crippen LogP contribution in [0.15, 0.2) is 12.1 Å². The number of aromatic nitrogens is 1. The van der Waals surface area contributed by atoms with E-state index >= 15 is 0 Å². The average Bonchev–Trinajstić information content (AvgIpc) is 2.37. The predicted octanol–water partition coefficient (Wildman–Crippen LogP) is 2.24. The van der Waals surface area contributed by atoms with Gasteiger partial charge < -0.3 is 9.64 Å². The fraction of sp³-hybridized carbons (Fsp3) is 0.643. The number of pyridine rings is 1. The van der Waals surface area contributed by atoms with E-state index in [1.807, 2.05) is 13.0 Å². The predicted molar refractivity (Wildman–Crippen MR) is 84.7 cm³/mol. The number of morpholine rings is 1. The van der Waals surface area contributed by atoms with E-state index in [4.69, 9.17) is 16.3 Å². The number of nitrogens with zero attached hydrogens (tertiary/aromatic N) is 2. The van der Waals surface area contributed by atoms with Crippen molar-refractivity contribution in [3.63, 3.8) is 0 Å². The van der Waals surface area contributed by atoms with Gasteiger partial charge in [-0.2, -0.15) is 0 Å². The summed E-state index contributed by atoms with van der Waals surface area (Å²) in [6.45, 7) is 7.37. The number of sulfone groups is 1. The van der Waals surface area contributed by atoms with Crippen molar-refractivity contribution < 1.29 is 13.2 Å². The fourth-order valence-electron chi connectivity index (χ4n) is 2.26. The van der Waals surface area contributed by atoms with Gasteiger partial charge in [-0.3, -0.25) is 0 Å². The molecule has 7 heteroatoms. The highest BCUT2D eigenvalue weighted by Crippen LogP contribution is 2.33. The Kier molecular flexibility index (Phi) is 4.52. The Balaban J connectivity index is 2.47. The van der Waals surface area contributed by atoms with Gasteiger partial charge in [-0.1, -0.05) is 11.6 Å². The summed E-state index contributed by atoms with van der Waals surface area (Å²) in [5.74, 6) is 0.699. The smallest absolute Gasteiger partial charge is 0.156 e. The molecule has 0 saturated carbocycles. The first-order valence-corrected chi connectivity index (χ1v) is 9.12. The normalized spacial score (nSPS) is 20.6. The minimum Gasteiger partial charge on any atom is -0.377 e. The van der Waals surface area contributed by atoms with E-state index in [9.17, 15) is 8.42 Å². The van der Waals surface area contributed by atoms with Gasteiger partial charge in [0.1, 0.15) is 11.0 Å². The number of rotatable bonds is 3. The van der Waals surface area contributed by atoms with Crippen molar-refractivity contribution in [2.75, 3.05) is 30.9 Å². The van der Waals surface area contributed by atoms with Crippen molar-refractivity contribution >= 4 is 27.3 Å². The van der Waals surface area contributed by atoms with Crippen molar-refractivity contribution in [3.05, 3.63) is 22.8 Å². The van der Waals surface area contributed by atoms with Crippen LogP contribution in [0.5, 0.6) is 0 Å². The van der Waals surface area contributed by atoms with Crippen molar-refractivity contribution in [2.24, 2.45) is 0 Å². The van der Waals surface area contributed by atoms with Crippen molar-refractivity contribution in [1.82, 2.24) is 4.98 Å². The van der Waals surface area contributed by atoms with E-state index in [1.165, 1.54) is 6.26 Å². The average molecular weight is 333 g/mol. The molecule has 1 saturated heterocycles. The molecule has 0 radical (unpaired) electrons. The molecule has 5 nitrogen and oxygen atoms in total. The number of ether oxygens (including phenoxy) is 1. The molecule has 0 unspecified atom stereocenters. The first-order chi connectivity index (χ1) is 9.63. The van der Waals surface area contributed by atoms with Gasteiger partial charge in [0, 0.05) is 12.8 Å². The van der Waals surface area contributed by atoms with E-state index in [0.717, 1.165) is 0 Å². The first kappa shape index (κ1) is 16.5. The highest BCUT2D eigenvalue weighted by Gasteiger charge is 2.34. The second kappa shape index (κ2) is 5.74. The van der Waals surface area contributed by atoms with E-state index in [-0.39, 0.29) is 6.04 Å². The van der Waals surface area contributed by atoms with Crippen LogP contribution in [0.1, 0.15) is 26.3 Å². The summed E-state index contributed by atoms with van der Waals surface area (Å²) in [6, 6.07) is 3.62. The van der Waals surface area contributed by atoms with Gasteiger partial charge in [-0.25, -0.2) is 13.4 Å². The molecular formula is C14H21ClN2O3S. The van der Waals surface area contributed by atoms with Crippen LogP contribution in [-0.2, 0) is 19.3 Å². The van der Waals surface area contributed by atoms with Crippen LogP contribution in [0.4, 0.5) is 5.82 Å². The highest BCUT2D eigenvalue weighted by molar-refractivity contribution is 7.91. The molecule has 1 aliphatic rings. The van der Waals surface area contributed by atoms with Crippen LogP contribution in [0.2, 0.25) is 5.15 Å². The van der Waals surface area contributed by atoms with E-state index < -0.39 is 14.6 Å². The number of halogens is 1. The minimum absolute atomic E-state index is 0.180. The molecule has 21 heavy (non-hydrogen) atoms. The number of hydrogen-bond donors (Lipinski definition) is 0. The molecule has 2 rings (SSSR count). The van der Waals surface area contributed by atoms with Gasteiger partial charge in [-0.15, -0.1) is 0 Å². The Morgan fingerprint density at radius 3 is 2.67 bits per heavy atom. The summed E-state index contributed by atoms with van der Waals surface area (Å²) >= 11 is 6.11. The van der Waals surface area contributed by atoms with Crippen molar-refractivity contribution in [3.8, 4) is 0 Å². The Labute approximate surface area is 131 Å². The van der Waals surface area contributed by atoms with Crippen molar-refractivity contribution in [1.29, 1.82) is 0 Å². The lowest BCUT2D eigenvalue weighted by Gasteiger charge is -2.35. The largest absolute Gasteiger partial charge is 0.377 e. The molecular weight excluding hydrogens is 312 g/mol. The molecule has 1 aliphatic heterocycles. The first-order valence-electron chi connectivity index (χ1n) is 6.85. The van der Waals surface area contributed by atoms with Gasteiger partial charge in [0.25, 0.3) is 0 Å². The summed E-state index contributed by atoms with van der Waals surface area (Å²) in [5.41, 5.74) is 0.652. The summed E-state index contributed by atoms with van der Waals surface area (Å²) in [4.78, 5) is 6.44. The zero-order valence-electron chi connectivity index (χ0n) is 12.8. The van der Waals surface area contributed by atoms with E-state index in [0.29, 0.717) is 36.3 Å². The van der Waals surface area contributed by atoms with Crippen LogP contribution in [-0.4, -0.2) is 45.5 Å². The zero-order chi connectivity index (χ0) is 15.8. The maximum absolute atomic E-state index is 12.0. The Bertz CT molecular complexity index is 631. The third-order valence-corrected chi connectivity index (χ3v) is 6.35. The molecule has 0 spiro atoms. The SMILES string of the molecule is C[C@H]1COCCN1c1cc(C(C)(C)S(C)(=O)=O)cc(Cl)n1. The maximum Gasteiger partial charge on any atom is 0.156 e. The van der Waals surface area contributed by atoms with Gasteiger partial charge in [-0.05, 0) is 38.5 Å². The van der Waals surface area contributed by atoms with Crippen LogP contribution in [0.3, 0.4) is 0 Å². The molecule has 0 N–H and O–H groups in total. The minimum atomic E-state index is -3.26. The van der Waals surface area contributed by atoms with Gasteiger partial charge >= 0.3 is 0 Å². The lowest BCUT2D eigenvalue weighted by Crippen LogP contribution is -2.44. The standard InChI is InChI=1S/C14H21ClN2O3S/c1-10-9-20-6-5-17(10)13-8-11(7-12(15)16-13)14(2,3)21(4,18)19/h7-8,10H,5-6,9H2,1-4H3/t10-/m0/s1. The molecule has 0 bridgehead atoms. The Hall–Kier alpha value is -0.850. The molecule has 1 aromatic rings. The van der Waals surface area contributed by atoms with Gasteiger partial charge in [0.2, 0.25) is 0 Å². The summed E-state index contributed by atoms with van der Waals surface area (Å²) in [6.07, 6.45) is 1.23. The third kappa shape index (κ3) is 3.33. The molecule has 1 atom stereocenters. The summed E-state index contributed by atoms with van der Waals surface area (Å²) in [7, 11) is -3.26. The summed E-state index contributed by atoms with van der Waals surface area (Å²) < 4.78 is 28.4. The summed E-state index contributed by atoms with van der Waals surface area (Å²) in [5, 5.41) is 0.304. The van der Waals surface area contributed by atoms with E-state index in [2.05, 4.69) is 9.88 Å². The maximum atomic E-state index is 12.0. The third-order valence-electron chi connectivity index (χ3n) is 4.06. The molecule has 1 aromatic heterocycles. The number of anilines is 1. The molecule has 0 amide bonds. The number of hydrogen-bond acceptors (Lipinski definition) is 5. The van der Waals surface area contributed by atoms with Crippen molar-refractivity contribution in [2.45, 2.75) is 31.6 Å². The molecule has 2 heterocycles. The van der Waals surface area contributed by atoms with Gasteiger partial charge in [0.05, 0.1) is 24.0 Å². The molecule has 0 aromatic carbocycles. The van der Waals surface area contributed by atoms with Crippen LogP contribution < -0.4 is 4.90 Å². The second-order valence-electron chi connectivity index (χ2n) is 5.94. The van der Waals surface area contributed by atoms with Crippen LogP contribution in [0, 0.1) is 0 Å². The Morgan fingerprint density at radius 1 is 1.43 bits per heavy atom. The lowest BCUT2D eigenvalue weighted by molar-refractivity contribution is 0.0985. The Morgan fingerprint density at radius 2 is 2.10 bits per heavy atom. The topological polar surface area (TPSA) is 59.5 Å². The molecule has 0 aliphatic carbocycles. The lowest BCUT2D eigenvalue weighted by atomic mass is 10.0. The van der Waals surface area contributed by atoms with Crippen LogP contribution in [0.25, 0.3) is 0 Å². The molecule has 1 fully saturated rings.